The Labute approximate surface area is 125 Å². The second kappa shape index (κ2) is 11.9. The normalized spacial score (nSPS) is 10.9. The largest absolute Gasteiger partial charge is 0.159 e. The Kier molecular flexibility index (Phi) is 10.2. The Morgan fingerprint density at radius 2 is 1.35 bits per heavy atom. The summed E-state index contributed by atoms with van der Waals surface area (Å²) in [5, 5.41) is 8.43. The molecule has 0 aliphatic rings. The highest BCUT2D eigenvalue weighted by Crippen LogP contribution is 2.14. The van der Waals surface area contributed by atoms with Gasteiger partial charge in [0.2, 0.25) is 0 Å². The van der Waals surface area contributed by atoms with Crippen LogP contribution in [-0.4, -0.2) is 10.2 Å². The van der Waals surface area contributed by atoms with Crippen LogP contribution < -0.4 is 0 Å². The maximum absolute atomic E-state index is 4.36. The molecule has 1 aromatic rings. The van der Waals surface area contributed by atoms with E-state index in [1.165, 1.54) is 81.9 Å². The van der Waals surface area contributed by atoms with Crippen LogP contribution in [0.4, 0.5) is 0 Å². The zero-order valence-corrected chi connectivity index (χ0v) is 13.5. The maximum Gasteiger partial charge on any atom is 0.0663 e. The number of hydrogen-bond acceptors (Lipinski definition) is 2. The van der Waals surface area contributed by atoms with Gasteiger partial charge in [0.25, 0.3) is 0 Å². The summed E-state index contributed by atoms with van der Waals surface area (Å²) in [5.41, 5.74) is 2.69. The predicted molar refractivity (Wildman–Crippen MR) is 87.0 cm³/mol. The molecule has 0 saturated heterocycles. The lowest BCUT2D eigenvalue weighted by Crippen LogP contribution is -2.00. The van der Waals surface area contributed by atoms with E-state index in [0.717, 1.165) is 6.42 Å². The third-order valence-corrected chi connectivity index (χ3v) is 3.96. The molecule has 1 heterocycles. The average molecular weight is 276 g/mol. The van der Waals surface area contributed by atoms with Gasteiger partial charge in [0.15, 0.2) is 0 Å². The molecular formula is C18H32N2. The van der Waals surface area contributed by atoms with Crippen LogP contribution >= 0.6 is 0 Å². The van der Waals surface area contributed by atoms with Gasteiger partial charge in [0.1, 0.15) is 0 Å². The van der Waals surface area contributed by atoms with Gasteiger partial charge >= 0.3 is 0 Å². The van der Waals surface area contributed by atoms with Crippen LogP contribution in [0.2, 0.25) is 0 Å². The molecule has 0 radical (unpaired) electrons. The first-order valence-corrected chi connectivity index (χ1v) is 8.68. The maximum atomic E-state index is 4.36. The number of aryl methyl sites for hydroxylation is 2. The molecule has 0 unspecified atom stereocenters. The Hall–Kier alpha value is -0.920. The minimum atomic E-state index is 1.11. The molecular weight excluding hydrogens is 244 g/mol. The Balaban J connectivity index is 2.27. The number of hydrogen-bond donors (Lipinski definition) is 0. The molecule has 0 bridgehead atoms. The van der Waals surface area contributed by atoms with E-state index >= 15 is 0 Å². The van der Waals surface area contributed by atoms with Crippen molar-refractivity contribution < 1.29 is 0 Å². The lowest BCUT2D eigenvalue weighted by Gasteiger charge is -2.07. The molecule has 0 fully saturated rings. The van der Waals surface area contributed by atoms with E-state index in [2.05, 4.69) is 30.1 Å². The van der Waals surface area contributed by atoms with Crippen molar-refractivity contribution >= 4 is 0 Å². The molecule has 0 spiro atoms. The fraction of sp³-hybridized carbons (Fsp3) is 0.778. The smallest absolute Gasteiger partial charge is 0.0663 e. The SMILES string of the molecule is CCCCCCCc1ccnnc1CCCCCCC. The second-order valence-electron chi connectivity index (χ2n) is 5.83. The van der Waals surface area contributed by atoms with Gasteiger partial charge < -0.3 is 0 Å². The van der Waals surface area contributed by atoms with Crippen molar-refractivity contribution in [3.63, 3.8) is 0 Å². The topological polar surface area (TPSA) is 25.8 Å². The average Bonchev–Trinajstić information content (AvgIpc) is 2.48. The second-order valence-corrected chi connectivity index (χ2v) is 5.83. The number of unbranched alkanes of at least 4 members (excludes halogenated alkanes) is 8. The molecule has 0 N–H and O–H groups in total. The molecule has 0 aliphatic carbocycles. The van der Waals surface area contributed by atoms with Crippen molar-refractivity contribution in [2.45, 2.75) is 90.9 Å². The highest BCUT2D eigenvalue weighted by molar-refractivity contribution is 5.17. The van der Waals surface area contributed by atoms with Crippen molar-refractivity contribution in [2.24, 2.45) is 0 Å². The first kappa shape index (κ1) is 17.1. The predicted octanol–water partition coefficient (Wildman–Crippen LogP) is 5.50. The monoisotopic (exact) mass is 276 g/mol. The third kappa shape index (κ3) is 7.62. The quantitative estimate of drug-likeness (QED) is 0.471. The summed E-state index contributed by atoms with van der Waals surface area (Å²) in [6.45, 7) is 4.53. The van der Waals surface area contributed by atoms with E-state index in [1.807, 2.05) is 6.20 Å². The van der Waals surface area contributed by atoms with Crippen LogP contribution in [0.5, 0.6) is 0 Å². The van der Waals surface area contributed by atoms with Gasteiger partial charge in [-0.25, -0.2) is 0 Å². The molecule has 0 atom stereocenters. The molecule has 1 aromatic heterocycles. The lowest BCUT2D eigenvalue weighted by molar-refractivity contribution is 0.612. The first-order chi connectivity index (χ1) is 9.88. The Morgan fingerprint density at radius 3 is 2.00 bits per heavy atom. The summed E-state index contributed by atoms with van der Waals surface area (Å²) in [7, 11) is 0. The summed E-state index contributed by atoms with van der Waals surface area (Å²) < 4.78 is 0. The van der Waals surface area contributed by atoms with Crippen molar-refractivity contribution in [1.29, 1.82) is 0 Å². The van der Waals surface area contributed by atoms with Crippen molar-refractivity contribution in [3.05, 3.63) is 23.5 Å². The first-order valence-electron chi connectivity index (χ1n) is 8.68. The molecule has 0 saturated carbocycles. The molecule has 114 valence electrons. The number of nitrogens with zero attached hydrogens (tertiary/aromatic N) is 2. The van der Waals surface area contributed by atoms with E-state index in [9.17, 15) is 0 Å². The fourth-order valence-corrected chi connectivity index (χ4v) is 2.64. The van der Waals surface area contributed by atoms with Crippen molar-refractivity contribution in [1.82, 2.24) is 10.2 Å². The van der Waals surface area contributed by atoms with Crippen molar-refractivity contribution in [2.75, 3.05) is 0 Å². The summed E-state index contributed by atoms with van der Waals surface area (Å²) in [6, 6.07) is 2.17. The van der Waals surface area contributed by atoms with Gasteiger partial charge in [-0.2, -0.15) is 10.2 Å². The fourth-order valence-electron chi connectivity index (χ4n) is 2.64. The summed E-state index contributed by atoms with van der Waals surface area (Å²) >= 11 is 0. The van der Waals surface area contributed by atoms with Gasteiger partial charge in [-0.1, -0.05) is 65.2 Å². The summed E-state index contributed by atoms with van der Waals surface area (Å²) in [4.78, 5) is 0. The van der Waals surface area contributed by atoms with Crippen molar-refractivity contribution in [3.8, 4) is 0 Å². The van der Waals surface area contributed by atoms with Crippen LogP contribution in [0.15, 0.2) is 12.3 Å². The van der Waals surface area contributed by atoms with Gasteiger partial charge in [-0.15, -0.1) is 0 Å². The summed E-state index contributed by atoms with van der Waals surface area (Å²) in [6.07, 6.45) is 17.5. The highest BCUT2D eigenvalue weighted by Gasteiger charge is 2.04. The van der Waals surface area contributed by atoms with Gasteiger partial charge in [0, 0.05) is 6.20 Å². The molecule has 1 rings (SSSR count). The van der Waals surface area contributed by atoms with E-state index in [0.29, 0.717) is 0 Å². The molecule has 2 nitrogen and oxygen atoms in total. The van der Waals surface area contributed by atoms with E-state index < -0.39 is 0 Å². The van der Waals surface area contributed by atoms with Crippen LogP contribution in [0.1, 0.15) is 89.3 Å². The van der Waals surface area contributed by atoms with Crippen LogP contribution in [-0.2, 0) is 12.8 Å². The zero-order chi connectivity index (χ0) is 14.5. The van der Waals surface area contributed by atoms with Crippen LogP contribution in [0.25, 0.3) is 0 Å². The molecule has 2 heteroatoms. The minimum Gasteiger partial charge on any atom is -0.159 e. The molecule has 0 aromatic carbocycles. The molecule has 0 amide bonds. The highest BCUT2D eigenvalue weighted by atomic mass is 15.1. The minimum absolute atomic E-state index is 1.11. The molecule has 0 aliphatic heterocycles. The van der Waals surface area contributed by atoms with Gasteiger partial charge in [-0.05, 0) is 37.3 Å². The lowest BCUT2D eigenvalue weighted by atomic mass is 10.0. The van der Waals surface area contributed by atoms with Gasteiger partial charge in [-0.3, -0.25) is 0 Å². The van der Waals surface area contributed by atoms with Crippen LogP contribution in [0, 0.1) is 0 Å². The third-order valence-electron chi connectivity index (χ3n) is 3.96. The molecule has 20 heavy (non-hydrogen) atoms. The van der Waals surface area contributed by atoms with E-state index in [4.69, 9.17) is 0 Å². The Bertz CT molecular complexity index is 303. The number of aromatic nitrogens is 2. The van der Waals surface area contributed by atoms with Crippen LogP contribution in [0.3, 0.4) is 0 Å². The standard InChI is InChI=1S/C18H32N2/c1-3-5-7-9-11-13-17-15-16-19-20-18(17)14-12-10-8-6-4-2/h15-16H,3-14H2,1-2H3. The zero-order valence-electron chi connectivity index (χ0n) is 13.5. The summed E-state index contributed by atoms with van der Waals surface area (Å²) in [5.74, 6) is 0. The van der Waals surface area contributed by atoms with Gasteiger partial charge in [0.05, 0.1) is 5.69 Å². The van der Waals surface area contributed by atoms with E-state index in [1.54, 1.807) is 0 Å². The number of rotatable bonds is 12. The Morgan fingerprint density at radius 1 is 0.750 bits per heavy atom. The van der Waals surface area contributed by atoms with E-state index in [-0.39, 0.29) is 0 Å².